The SMILES string of the molecule is CC(C)=C[C@@H]1C[C@H](C)[C@H]2CC[C@H](C)C3=C2[C@H](OC3=O)[C@@]1(C)O. The summed E-state index contributed by atoms with van der Waals surface area (Å²) in [4.78, 5) is 12.4. The highest BCUT2D eigenvalue weighted by Crippen LogP contribution is 2.52. The quantitative estimate of drug-likeness (QED) is 0.594. The van der Waals surface area contributed by atoms with Crippen molar-refractivity contribution in [2.75, 3.05) is 0 Å². The summed E-state index contributed by atoms with van der Waals surface area (Å²) in [5.74, 6) is 0.932. The number of esters is 1. The first-order chi connectivity index (χ1) is 10.2. The first-order valence-electron chi connectivity index (χ1n) is 8.55. The minimum atomic E-state index is -1.02. The Kier molecular flexibility index (Phi) is 3.75. The monoisotopic (exact) mass is 304 g/mol. The van der Waals surface area contributed by atoms with Gasteiger partial charge in [-0.2, -0.15) is 0 Å². The molecule has 1 heterocycles. The van der Waals surface area contributed by atoms with Crippen LogP contribution < -0.4 is 0 Å². The van der Waals surface area contributed by atoms with Gasteiger partial charge in [-0.15, -0.1) is 0 Å². The molecule has 0 aromatic heterocycles. The normalized spacial score (nSPS) is 44.3. The molecule has 122 valence electrons. The Hall–Kier alpha value is -1.09. The van der Waals surface area contributed by atoms with E-state index in [0.29, 0.717) is 11.8 Å². The second-order valence-electron chi connectivity index (χ2n) is 8.03. The molecule has 6 atom stereocenters. The molecule has 0 amide bonds. The van der Waals surface area contributed by atoms with E-state index in [1.54, 1.807) is 0 Å². The van der Waals surface area contributed by atoms with Crippen molar-refractivity contribution in [2.24, 2.45) is 23.7 Å². The minimum absolute atomic E-state index is 0.0260. The van der Waals surface area contributed by atoms with Crippen molar-refractivity contribution in [3.63, 3.8) is 0 Å². The maximum atomic E-state index is 12.4. The third kappa shape index (κ3) is 2.25. The molecule has 0 saturated heterocycles. The minimum Gasteiger partial charge on any atom is -0.451 e. The van der Waals surface area contributed by atoms with Gasteiger partial charge in [-0.3, -0.25) is 0 Å². The maximum Gasteiger partial charge on any atom is 0.335 e. The fraction of sp³-hybridized carbons (Fsp3) is 0.737. The number of ether oxygens (including phenoxy) is 1. The molecule has 0 spiro atoms. The van der Waals surface area contributed by atoms with Crippen LogP contribution in [0, 0.1) is 23.7 Å². The molecular formula is C19H28O3. The summed E-state index contributed by atoms with van der Waals surface area (Å²) in [6.45, 7) is 10.3. The number of carbonyl (C=O) groups is 1. The Bertz CT molecular complexity index is 551. The third-order valence-electron chi connectivity index (χ3n) is 5.97. The first kappa shape index (κ1) is 15.8. The molecular weight excluding hydrogens is 276 g/mol. The van der Waals surface area contributed by atoms with Crippen LogP contribution in [-0.4, -0.2) is 22.8 Å². The second-order valence-corrected chi connectivity index (χ2v) is 8.03. The van der Waals surface area contributed by atoms with E-state index in [4.69, 9.17) is 4.74 Å². The predicted octanol–water partition coefficient (Wildman–Crippen LogP) is 3.63. The van der Waals surface area contributed by atoms with E-state index in [9.17, 15) is 9.90 Å². The van der Waals surface area contributed by atoms with Gasteiger partial charge in [-0.05, 0) is 63.4 Å². The molecule has 1 N–H and O–H groups in total. The zero-order valence-electron chi connectivity index (χ0n) is 14.3. The van der Waals surface area contributed by atoms with Crippen LogP contribution >= 0.6 is 0 Å². The molecule has 1 saturated carbocycles. The molecule has 22 heavy (non-hydrogen) atoms. The van der Waals surface area contributed by atoms with Gasteiger partial charge in [0.05, 0.1) is 0 Å². The lowest BCUT2D eigenvalue weighted by Crippen LogP contribution is -2.46. The molecule has 3 rings (SSSR count). The highest BCUT2D eigenvalue weighted by atomic mass is 16.6. The van der Waals surface area contributed by atoms with Crippen molar-refractivity contribution in [2.45, 2.75) is 65.6 Å². The van der Waals surface area contributed by atoms with E-state index in [1.807, 2.05) is 6.92 Å². The average molecular weight is 304 g/mol. The fourth-order valence-corrected chi connectivity index (χ4v) is 4.76. The first-order valence-corrected chi connectivity index (χ1v) is 8.55. The summed E-state index contributed by atoms with van der Waals surface area (Å²) in [7, 11) is 0. The molecule has 2 aliphatic carbocycles. The zero-order chi connectivity index (χ0) is 16.2. The number of rotatable bonds is 1. The number of hydrogen-bond acceptors (Lipinski definition) is 3. The summed E-state index contributed by atoms with van der Waals surface area (Å²) in [5.41, 5.74) is 2.16. The zero-order valence-corrected chi connectivity index (χ0v) is 14.3. The van der Waals surface area contributed by atoms with Crippen molar-refractivity contribution in [3.05, 3.63) is 22.8 Å². The fourth-order valence-electron chi connectivity index (χ4n) is 4.76. The summed E-state index contributed by atoms with van der Waals surface area (Å²) in [6.07, 6.45) is 4.79. The van der Waals surface area contributed by atoms with E-state index in [-0.39, 0.29) is 17.8 Å². The van der Waals surface area contributed by atoms with E-state index in [1.165, 1.54) is 5.57 Å². The van der Waals surface area contributed by atoms with Gasteiger partial charge in [0.2, 0.25) is 0 Å². The summed E-state index contributed by atoms with van der Waals surface area (Å²) in [5, 5.41) is 11.3. The Labute approximate surface area is 133 Å². The molecule has 0 aromatic rings. The van der Waals surface area contributed by atoms with E-state index < -0.39 is 11.7 Å². The van der Waals surface area contributed by atoms with Gasteiger partial charge in [-0.25, -0.2) is 4.79 Å². The van der Waals surface area contributed by atoms with Crippen molar-refractivity contribution < 1.29 is 14.6 Å². The second kappa shape index (κ2) is 5.23. The summed E-state index contributed by atoms with van der Waals surface area (Å²) in [6, 6.07) is 0. The molecule has 0 bridgehead atoms. The third-order valence-corrected chi connectivity index (χ3v) is 5.97. The van der Waals surface area contributed by atoms with Crippen LogP contribution in [-0.2, 0) is 9.53 Å². The predicted molar refractivity (Wildman–Crippen MR) is 86.1 cm³/mol. The number of allylic oxidation sites excluding steroid dienone is 1. The molecule has 3 aliphatic rings. The standard InChI is InChI=1S/C19H28O3/c1-10(2)8-13-9-12(4)14-7-6-11(3)15-16(14)17(19(13,5)21)22-18(15)20/h8,11-14,17,21H,6-7,9H2,1-5H3/t11-,12-,13+,14+,17-,19-/m0/s1. The Morgan fingerprint density at radius 3 is 2.64 bits per heavy atom. The Morgan fingerprint density at radius 1 is 1.32 bits per heavy atom. The van der Waals surface area contributed by atoms with E-state index in [2.05, 4.69) is 33.8 Å². The lowest BCUT2D eigenvalue weighted by Gasteiger charge is -2.35. The molecule has 1 fully saturated rings. The van der Waals surface area contributed by atoms with Crippen LogP contribution in [0.4, 0.5) is 0 Å². The average Bonchev–Trinajstić information content (AvgIpc) is 2.74. The molecule has 0 radical (unpaired) electrons. The lowest BCUT2D eigenvalue weighted by molar-refractivity contribution is -0.153. The smallest absolute Gasteiger partial charge is 0.335 e. The summed E-state index contributed by atoms with van der Waals surface area (Å²) < 4.78 is 5.71. The van der Waals surface area contributed by atoms with Crippen LogP contribution in [0.2, 0.25) is 0 Å². The van der Waals surface area contributed by atoms with E-state index in [0.717, 1.165) is 30.4 Å². The van der Waals surface area contributed by atoms with Crippen molar-refractivity contribution >= 4 is 5.97 Å². The van der Waals surface area contributed by atoms with Gasteiger partial charge in [0.15, 0.2) is 6.10 Å². The van der Waals surface area contributed by atoms with Gasteiger partial charge in [0.25, 0.3) is 0 Å². The number of carbonyl (C=O) groups excluding carboxylic acids is 1. The number of hydrogen-bond donors (Lipinski definition) is 1. The van der Waals surface area contributed by atoms with Gasteiger partial charge in [-0.1, -0.05) is 25.5 Å². The topological polar surface area (TPSA) is 46.5 Å². The Balaban J connectivity index is 2.13. The molecule has 0 aromatic carbocycles. The van der Waals surface area contributed by atoms with Gasteiger partial charge in [0.1, 0.15) is 5.60 Å². The largest absolute Gasteiger partial charge is 0.451 e. The van der Waals surface area contributed by atoms with Crippen LogP contribution in [0.3, 0.4) is 0 Å². The highest BCUT2D eigenvalue weighted by molar-refractivity contribution is 5.93. The van der Waals surface area contributed by atoms with Crippen molar-refractivity contribution in [1.29, 1.82) is 0 Å². The van der Waals surface area contributed by atoms with Crippen molar-refractivity contribution in [3.8, 4) is 0 Å². The summed E-state index contributed by atoms with van der Waals surface area (Å²) >= 11 is 0. The lowest BCUT2D eigenvalue weighted by atomic mass is 9.71. The van der Waals surface area contributed by atoms with Crippen LogP contribution in [0.1, 0.15) is 53.9 Å². The van der Waals surface area contributed by atoms with E-state index >= 15 is 0 Å². The van der Waals surface area contributed by atoms with Crippen LogP contribution in [0.25, 0.3) is 0 Å². The molecule has 0 unspecified atom stereocenters. The molecule has 1 aliphatic heterocycles. The number of aliphatic hydroxyl groups is 1. The van der Waals surface area contributed by atoms with Crippen LogP contribution in [0.15, 0.2) is 22.8 Å². The molecule has 3 nitrogen and oxygen atoms in total. The molecule has 3 heteroatoms. The van der Waals surface area contributed by atoms with Crippen LogP contribution in [0.5, 0.6) is 0 Å². The van der Waals surface area contributed by atoms with Gasteiger partial charge < -0.3 is 9.84 Å². The highest BCUT2D eigenvalue weighted by Gasteiger charge is 2.55. The van der Waals surface area contributed by atoms with Crippen molar-refractivity contribution in [1.82, 2.24) is 0 Å². The van der Waals surface area contributed by atoms with Gasteiger partial charge in [0, 0.05) is 11.5 Å². The Morgan fingerprint density at radius 2 is 2.00 bits per heavy atom. The van der Waals surface area contributed by atoms with Gasteiger partial charge >= 0.3 is 5.97 Å². The maximum absolute atomic E-state index is 12.4.